The Hall–Kier alpha value is -3.80. The van der Waals surface area contributed by atoms with Crippen molar-refractivity contribution >= 4 is 33.7 Å². The summed E-state index contributed by atoms with van der Waals surface area (Å²) in [5.74, 6) is 0. The number of fused-ring (bicyclic) bond motifs is 4. The van der Waals surface area contributed by atoms with Gasteiger partial charge in [0.15, 0.2) is 0 Å². The molecule has 0 radical (unpaired) electrons. The number of benzene rings is 6. The first-order chi connectivity index (χ1) is 20.3. The van der Waals surface area contributed by atoms with Crippen LogP contribution in [0.1, 0.15) is 36.4 Å². The van der Waals surface area contributed by atoms with Gasteiger partial charge in [-0.25, -0.2) is 0 Å². The Balaban J connectivity index is 1.19. The van der Waals surface area contributed by atoms with E-state index in [1.807, 2.05) is 0 Å². The Morgan fingerprint density at radius 3 is 1.37 bits per heavy atom. The van der Waals surface area contributed by atoms with Crippen LogP contribution < -0.4 is 0 Å². The summed E-state index contributed by atoms with van der Waals surface area (Å²) in [6.07, 6.45) is 10.0. The third-order valence-electron chi connectivity index (χ3n) is 9.23. The van der Waals surface area contributed by atoms with Crippen LogP contribution in [0.4, 0.5) is 0 Å². The molecule has 6 aromatic rings. The van der Waals surface area contributed by atoms with Crippen molar-refractivity contribution in [2.75, 3.05) is 0 Å². The zero-order valence-corrected chi connectivity index (χ0v) is 25.7. The first-order valence-corrected chi connectivity index (χ1v) is 19.3. The molecule has 0 N–H and O–H groups in total. The molecule has 0 heterocycles. The summed E-state index contributed by atoms with van der Waals surface area (Å²) in [6, 6.07) is 45.1. The monoisotopic (exact) mass is 601 g/mol. The van der Waals surface area contributed by atoms with Crippen LogP contribution in [0.3, 0.4) is 0 Å². The molecule has 8 rings (SSSR count). The Labute approximate surface area is 250 Å². The predicted molar refractivity (Wildman–Crippen MR) is 173 cm³/mol. The van der Waals surface area contributed by atoms with Gasteiger partial charge < -0.3 is 0 Å². The van der Waals surface area contributed by atoms with Crippen LogP contribution in [0.25, 0.3) is 56.0 Å². The molecule has 2 aliphatic rings. The van der Waals surface area contributed by atoms with Crippen molar-refractivity contribution in [3.63, 3.8) is 0 Å². The molecular weight excluding hydrogens is 572 g/mol. The van der Waals surface area contributed by atoms with Crippen molar-refractivity contribution in [1.82, 2.24) is 0 Å². The Kier molecular flexibility index (Phi) is 6.23. The summed E-state index contributed by atoms with van der Waals surface area (Å²) in [6.45, 7) is 2.45. The zero-order valence-electron chi connectivity index (χ0n) is 23.2. The summed E-state index contributed by atoms with van der Waals surface area (Å²) >= 11 is -2.04. The maximum atomic E-state index is 2.57. The molecule has 0 aliphatic heterocycles. The van der Waals surface area contributed by atoms with E-state index < -0.39 is 21.8 Å². The molecule has 0 aromatic heterocycles. The molecule has 41 heavy (non-hydrogen) atoms. The van der Waals surface area contributed by atoms with Crippen LogP contribution >= 0.6 is 0 Å². The van der Waals surface area contributed by atoms with Gasteiger partial charge in [0.25, 0.3) is 0 Å². The molecule has 0 bridgehead atoms. The van der Waals surface area contributed by atoms with Crippen LogP contribution in [-0.4, -0.2) is 0 Å². The fourth-order valence-electron chi connectivity index (χ4n) is 7.34. The molecule has 0 nitrogen and oxygen atoms in total. The molecule has 195 valence electrons. The Morgan fingerprint density at radius 1 is 0.463 bits per heavy atom. The second-order valence-electron chi connectivity index (χ2n) is 11.3. The standard InChI is InChI=1S/2C19H13.C2H5.Zr/c2*1-2-10-16-14(6-1)8-4-12-18(16)19-13-5-9-15-7-3-11-17(15)19;1-2;/h2*1-13H;1H2,2H3;. The molecular formula is C40H31Zr. The van der Waals surface area contributed by atoms with E-state index in [4.69, 9.17) is 0 Å². The van der Waals surface area contributed by atoms with Crippen LogP contribution in [0.15, 0.2) is 133 Å². The molecule has 2 unspecified atom stereocenters. The van der Waals surface area contributed by atoms with Crippen molar-refractivity contribution in [2.24, 2.45) is 0 Å². The summed E-state index contributed by atoms with van der Waals surface area (Å²) < 4.78 is 2.51. The Morgan fingerprint density at radius 2 is 0.878 bits per heavy atom. The molecule has 2 atom stereocenters. The van der Waals surface area contributed by atoms with Crippen LogP contribution in [0.2, 0.25) is 4.13 Å². The first-order valence-electron chi connectivity index (χ1n) is 14.8. The molecule has 0 saturated carbocycles. The van der Waals surface area contributed by atoms with Gasteiger partial charge >= 0.3 is 252 Å². The summed E-state index contributed by atoms with van der Waals surface area (Å²) in [4.78, 5) is 0. The normalized spacial score (nSPS) is 16.8. The quantitative estimate of drug-likeness (QED) is 0.184. The topological polar surface area (TPSA) is 0 Å². The van der Waals surface area contributed by atoms with E-state index in [0.717, 1.165) is 0 Å². The summed E-state index contributed by atoms with van der Waals surface area (Å²) in [7, 11) is 0. The van der Waals surface area contributed by atoms with E-state index in [-0.39, 0.29) is 0 Å². The van der Waals surface area contributed by atoms with Crippen molar-refractivity contribution in [2.45, 2.75) is 18.3 Å². The van der Waals surface area contributed by atoms with Gasteiger partial charge in [0.05, 0.1) is 0 Å². The van der Waals surface area contributed by atoms with Crippen LogP contribution in [-0.2, 0) is 21.8 Å². The number of hydrogen-bond acceptors (Lipinski definition) is 0. The third-order valence-corrected chi connectivity index (χ3v) is 17.6. The van der Waals surface area contributed by atoms with Crippen LogP contribution in [0, 0.1) is 0 Å². The van der Waals surface area contributed by atoms with E-state index in [1.54, 1.807) is 11.1 Å². The number of rotatable bonds is 5. The second-order valence-corrected chi connectivity index (χ2v) is 18.9. The van der Waals surface area contributed by atoms with Gasteiger partial charge in [0.2, 0.25) is 0 Å². The number of allylic oxidation sites excluding steroid dienone is 2. The molecule has 2 aliphatic carbocycles. The van der Waals surface area contributed by atoms with Crippen molar-refractivity contribution in [3.05, 3.63) is 156 Å². The zero-order chi connectivity index (χ0) is 27.3. The van der Waals surface area contributed by atoms with Crippen molar-refractivity contribution in [3.8, 4) is 22.3 Å². The van der Waals surface area contributed by atoms with Crippen molar-refractivity contribution < 1.29 is 21.8 Å². The van der Waals surface area contributed by atoms with E-state index >= 15 is 0 Å². The molecule has 0 saturated heterocycles. The minimum absolute atomic E-state index is 0.592. The fraction of sp³-hybridized carbons (Fsp3) is 0.100. The minimum atomic E-state index is -2.04. The van der Waals surface area contributed by atoms with E-state index in [2.05, 4.69) is 153 Å². The van der Waals surface area contributed by atoms with E-state index in [0.29, 0.717) is 7.25 Å². The molecule has 1 heteroatoms. The molecule has 0 spiro atoms. The van der Waals surface area contributed by atoms with Gasteiger partial charge in [-0.15, -0.1) is 0 Å². The average molecular weight is 603 g/mol. The van der Waals surface area contributed by atoms with Gasteiger partial charge in [-0.1, -0.05) is 0 Å². The summed E-state index contributed by atoms with van der Waals surface area (Å²) in [5, 5.41) is 5.28. The second kappa shape index (κ2) is 10.2. The molecule has 6 aromatic carbocycles. The van der Waals surface area contributed by atoms with E-state index in [1.165, 1.54) is 59.1 Å². The molecule has 0 fully saturated rings. The van der Waals surface area contributed by atoms with Gasteiger partial charge in [-0.2, -0.15) is 0 Å². The van der Waals surface area contributed by atoms with Gasteiger partial charge in [0.1, 0.15) is 0 Å². The SMILES string of the molecule is C[CH2][Zr]([CH]1C=Cc2c(-c3cccc4ccccc34)cccc21)[CH]1C=Cc2c(-c3cccc4ccccc34)cccc21. The van der Waals surface area contributed by atoms with Crippen molar-refractivity contribution in [1.29, 1.82) is 0 Å². The van der Waals surface area contributed by atoms with Gasteiger partial charge in [0, 0.05) is 0 Å². The van der Waals surface area contributed by atoms with Gasteiger partial charge in [-0.3, -0.25) is 0 Å². The molecule has 0 amide bonds. The van der Waals surface area contributed by atoms with Crippen LogP contribution in [0.5, 0.6) is 0 Å². The predicted octanol–water partition coefficient (Wildman–Crippen LogP) is 11.2. The van der Waals surface area contributed by atoms with E-state index in [9.17, 15) is 0 Å². The number of hydrogen-bond donors (Lipinski definition) is 0. The maximum absolute atomic E-state index is 2.57. The summed E-state index contributed by atoms with van der Waals surface area (Å²) in [5.41, 5.74) is 11.4. The fourth-order valence-corrected chi connectivity index (χ4v) is 15.3. The first kappa shape index (κ1) is 25.0. The average Bonchev–Trinajstić information content (AvgIpc) is 3.66. The third kappa shape index (κ3) is 4.05. The Bertz CT molecular complexity index is 1850. The van der Waals surface area contributed by atoms with Gasteiger partial charge in [-0.05, 0) is 0 Å².